The zero-order chi connectivity index (χ0) is 29.5. The highest BCUT2D eigenvalue weighted by molar-refractivity contribution is 8.16. The van der Waals surface area contributed by atoms with Gasteiger partial charge in [-0.25, -0.2) is 14.2 Å². The van der Waals surface area contributed by atoms with E-state index in [9.17, 15) is 14.0 Å². The van der Waals surface area contributed by atoms with E-state index in [1.165, 1.54) is 31.0 Å². The molecule has 0 saturated carbocycles. The van der Waals surface area contributed by atoms with E-state index in [0.29, 0.717) is 33.6 Å². The molecule has 3 aromatic carbocycles. The number of nitrogens with one attached hydrogen (secondary N) is 1. The molecule has 0 bridgehead atoms. The molecular weight excluding hydrogens is 557 g/mol. The zero-order valence-electron chi connectivity index (χ0n) is 23.2. The van der Waals surface area contributed by atoms with Gasteiger partial charge < -0.3 is 24.4 Å². The summed E-state index contributed by atoms with van der Waals surface area (Å²) in [5.41, 5.74) is 3.14. The largest absolute Gasteiger partial charge is 0.460 e. The Morgan fingerprint density at radius 3 is 2.52 bits per heavy atom. The molecule has 0 spiro atoms. The van der Waals surface area contributed by atoms with Crippen LogP contribution in [0.2, 0.25) is 0 Å². The summed E-state index contributed by atoms with van der Waals surface area (Å²) in [5, 5.41) is 5.42. The van der Waals surface area contributed by atoms with Crippen molar-refractivity contribution in [2.24, 2.45) is 4.99 Å². The predicted molar refractivity (Wildman–Crippen MR) is 159 cm³/mol. The molecule has 0 saturated heterocycles. The van der Waals surface area contributed by atoms with Gasteiger partial charge in [-0.2, -0.15) is 0 Å². The molecule has 0 radical (unpaired) electrons. The van der Waals surface area contributed by atoms with Crippen LogP contribution in [-0.4, -0.2) is 42.3 Å². The van der Waals surface area contributed by atoms with Crippen molar-refractivity contribution >= 4 is 28.8 Å². The number of hydrogen-bond acceptors (Lipinski definition) is 8. The average Bonchev–Trinajstić information content (AvgIpc) is 3.38. The number of carbonyl (C=O) groups is 2. The zero-order valence-corrected chi connectivity index (χ0v) is 24.0. The monoisotopic (exact) mass is 587 g/mol. The van der Waals surface area contributed by atoms with Gasteiger partial charge in [-0.15, -0.1) is 0 Å². The fourth-order valence-corrected chi connectivity index (χ4v) is 5.61. The number of amidine groups is 1. The van der Waals surface area contributed by atoms with Crippen LogP contribution in [0.5, 0.6) is 11.5 Å². The Hall–Kier alpha value is -4.41. The van der Waals surface area contributed by atoms with Gasteiger partial charge in [0.1, 0.15) is 23.9 Å². The third kappa shape index (κ3) is 6.89. The van der Waals surface area contributed by atoms with Gasteiger partial charge in [0.15, 0.2) is 5.17 Å². The van der Waals surface area contributed by atoms with Crippen LogP contribution in [0.15, 0.2) is 106 Å². The first kappa shape index (κ1) is 29.1. The molecule has 5 rings (SSSR count). The topological polar surface area (TPSA) is 89.5 Å². The quantitative estimate of drug-likeness (QED) is 0.215. The predicted octanol–water partition coefficient (Wildman–Crippen LogP) is 6.09. The van der Waals surface area contributed by atoms with E-state index in [0.717, 1.165) is 11.1 Å². The summed E-state index contributed by atoms with van der Waals surface area (Å²) >= 11 is 1.39. The highest BCUT2D eigenvalue weighted by atomic mass is 32.2. The molecule has 3 aromatic rings. The number of nitrogens with zero attached hydrogens (tertiary/aromatic N) is 2. The fourth-order valence-electron chi connectivity index (χ4n) is 4.64. The Balaban J connectivity index is 1.42. The third-order valence-electron chi connectivity index (χ3n) is 6.64. The number of allylic oxidation sites excluding steroid dienone is 1. The lowest BCUT2D eigenvalue weighted by Gasteiger charge is -2.36. The Morgan fingerprint density at radius 2 is 1.76 bits per heavy atom. The first-order valence-electron chi connectivity index (χ1n) is 13.4. The van der Waals surface area contributed by atoms with E-state index < -0.39 is 12.0 Å². The molecule has 10 heteroatoms. The lowest BCUT2D eigenvalue weighted by Crippen LogP contribution is -2.38. The Morgan fingerprint density at radius 1 is 1.00 bits per heavy atom. The van der Waals surface area contributed by atoms with Crippen LogP contribution in [0.4, 0.5) is 4.39 Å². The maximum atomic E-state index is 13.4. The summed E-state index contributed by atoms with van der Waals surface area (Å²) in [7, 11) is 1.54. The molecule has 216 valence electrons. The first-order chi connectivity index (χ1) is 20.4. The number of aliphatic imine (C=N–C) groups is 1. The Bertz CT molecular complexity index is 1540. The minimum Gasteiger partial charge on any atom is -0.460 e. The van der Waals surface area contributed by atoms with Gasteiger partial charge in [-0.3, -0.25) is 4.79 Å². The number of ether oxygens (including phenoxy) is 3. The minimum absolute atomic E-state index is 0.0506. The van der Waals surface area contributed by atoms with Gasteiger partial charge >= 0.3 is 5.97 Å². The molecular formula is C32H30FN3O5S. The number of thioether (sulfide) groups is 1. The lowest BCUT2D eigenvalue weighted by atomic mass is 9.93. The number of para-hydroxylation sites is 1. The second kappa shape index (κ2) is 13.5. The summed E-state index contributed by atoms with van der Waals surface area (Å²) in [5.74, 6) is 0.217. The highest BCUT2D eigenvalue weighted by Crippen LogP contribution is 2.45. The van der Waals surface area contributed by atoms with Crippen molar-refractivity contribution in [1.82, 2.24) is 10.2 Å². The molecule has 1 amide bonds. The number of fused-ring (bicyclic) bond motifs is 1. The van der Waals surface area contributed by atoms with Crippen molar-refractivity contribution in [2.45, 2.75) is 25.9 Å². The van der Waals surface area contributed by atoms with Crippen molar-refractivity contribution in [2.75, 3.05) is 20.3 Å². The SMILES string of the molecule is COCCOC(=O)C1=C(C)N=C2SC=C(CC(=O)NCc3ccc(F)cc3)N2C1c1cccc(Oc2ccccc2)c1. The Labute approximate surface area is 247 Å². The summed E-state index contributed by atoms with van der Waals surface area (Å²) in [6, 6.07) is 22.3. The van der Waals surface area contributed by atoms with Gasteiger partial charge in [0.25, 0.3) is 0 Å². The van der Waals surface area contributed by atoms with E-state index in [2.05, 4.69) is 5.32 Å². The van der Waals surface area contributed by atoms with Crippen molar-refractivity contribution in [3.63, 3.8) is 0 Å². The van der Waals surface area contributed by atoms with Gasteiger partial charge in [0.05, 0.1) is 30.3 Å². The molecule has 0 aromatic heterocycles. The number of amides is 1. The van der Waals surface area contributed by atoms with Gasteiger partial charge in [0, 0.05) is 19.4 Å². The second-order valence-corrected chi connectivity index (χ2v) is 10.4. The van der Waals surface area contributed by atoms with E-state index in [1.54, 1.807) is 19.1 Å². The van der Waals surface area contributed by atoms with Crippen LogP contribution >= 0.6 is 11.8 Å². The normalized spacial score (nSPS) is 16.0. The number of benzene rings is 3. The van der Waals surface area contributed by atoms with Crippen molar-refractivity contribution < 1.29 is 28.2 Å². The van der Waals surface area contributed by atoms with Gasteiger partial charge in [0.2, 0.25) is 5.91 Å². The number of halogens is 1. The molecule has 2 aliphatic rings. The third-order valence-corrected chi connectivity index (χ3v) is 7.53. The van der Waals surface area contributed by atoms with Crippen LogP contribution in [0.25, 0.3) is 0 Å². The summed E-state index contributed by atoms with van der Waals surface area (Å²) < 4.78 is 30.0. The second-order valence-electron chi connectivity index (χ2n) is 9.59. The van der Waals surface area contributed by atoms with Crippen LogP contribution in [0, 0.1) is 5.82 Å². The van der Waals surface area contributed by atoms with Crippen molar-refractivity contribution in [3.05, 3.63) is 118 Å². The molecule has 8 nitrogen and oxygen atoms in total. The molecule has 42 heavy (non-hydrogen) atoms. The fraction of sp³-hybridized carbons (Fsp3) is 0.219. The van der Waals surface area contributed by atoms with Crippen LogP contribution in [-0.2, 0) is 25.6 Å². The van der Waals surface area contributed by atoms with Crippen LogP contribution < -0.4 is 10.1 Å². The van der Waals surface area contributed by atoms with Crippen LogP contribution in [0.3, 0.4) is 0 Å². The molecule has 1 unspecified atom stereocenters. The van der Waals surface area contributed by atoms with E-state index >= 15 is 0 Å². The lowest BCUT2D eigenvalue weighted by molar-refractivity contribution is -0.141. The standard InChI is InChI=1S/C32H30FN3O5S/c1-21-29(31(38)40-16-15-39-2)30(23-7-6-10-27(17-23)41-26-8-4-3-5-9-26)36-25(20-42-32(36)35-21)18-28(37)34-19-22-11-13-24(33)14-12-22/h3-14,17,20,30H,15-16,18-19H2,1-2H3,(H,34,37). The minimum atomic E-state index is -0.613. The smallest absolute Gasteiger partial charge is 0.338 e. The summed E-state index contributed by atoms with van der Waals surface area (Å²) in [6.07, 6.45) is 0.0506. The van der Waals surface area contributed by atoms with E-state index in [-0.39, 0.29) is 37.9 Å². The number of carbonyl (C=O) groups excluding carboxylic acids is 2. The summed E-state index contributed by atoms with van der Waals surface area (Å²) in [6.45, 7) is 2.40. The van der Waals surface area contributed by atoms with E-state index in [4.69, 9.17) is 19.2 Å². The Kier molecular flexibility index (Phi) is 9.35. The first-order valence-corrected chi connectivity index (χ1v) is 14.3. The average molecular weight is 588 g/mol. The number of rotatable bonds is 11. The van der Waals surface area contributed by atoms with Crippen LogP contribution in [0.1, 0.15) is 30.5 Å². The number of methoxy groups -OCH3 is 1. The maximum absolute atomic E-state index is 13.4. The van der Waals surface area contributed by atoms with Gasteiger partial charge in [-0.1, -0.05) is 54.2 Å². The number of hydrogen-bond donors (Lipinski definition) is 1. The molecule has 2 heterocycles. The molecule has 1 atom stereocenters. The molecule has 2 aliphatic heterocycles. The number of esters is 1. The van der Waals surface area contributed by atoms with E-state index in [1.807, 2.05) is 64.9 Å². The molecule has 1 N–H and O–H groups in total. The van der Waals surface area contributed by atoms with Gasteiger partial charge in [-0.05, 0) is 59.9 Å². The van der Waals surface area contributed by atoms with Crippen molar-refractivity contribution in [3.8, 4) is 11.5 Å². The van der Waals surface area contributed by atoms with Crippen molar-refractivity contribution in [1.29, 1.82) is 0 Å². The summed E-state index contributed by atoms with van der Waals surface area (Å²) in [4.78, 5) is 33.1. The highest BCUT2D eigenvalue weighted by Gasteiger charge is 2.41. The maximum Gasteiger partial charge on any atom is 0.338 e. The molecule has 0 fully saturated rings. The molecule has 0 aliphatic carbocycles.